The number of fused-ring (bicyclic) bond motifs is 6. The molecule has 11 rings (SSSR count). The third kappa shape index (κ3) is 5.11. The van der Waals surface area contributed by atoms with Crippen molar-refractivity contribution in [3.05, 3.63) is 194 Å². The highest BCUT2D eigenvalue weighted by molar-refractivity contribution is 6.15. The van der Waals surface area contributed by atoms with Crippen LogP contribution >= 0.6 is 0 Å². The maximum Gasteiger partial charge on any atom is 0.164 e. The Balaban J connectivity index is 1.28. The molecule has 0 spiro atoms. The number of hydrogen-bond acceptors (Lipinski definition) is 3. The fourth-order valence-electron chi connectivity index (χ4n) is 8.30. The maximum absolute atomic E-state index is 5.32. The highest BCUT2D eigenvalue weighted by Gasteiger charge is 2.23. The maximum atomic E-state index is 5.32. The second-order valence-corrected chi connectivity index (χ2v) is 14.0. The lowest BCUT2D eigenvalue weighted by molar-refractivity contribution is 1.07. The summed E-state index contributed by atoms with van der Waals surface area (Å²) in [6.45, 7) is 0. The normalized spacial score (nSPS) is 11.6. The van der Waals surface area contributed by atoms with Crippen molar-refractivity contribution in [3.8, 4) is 51.0 Å². The van der Waals surface area contributed by atoms with E-state index in [1.807, 2.05) is 18.2 Å². The molecule has 4 nitrogen and oxygen atoms in total. The zero-order valence-electron chi connectivity index (χ0n) is 29.8. The van der Waals surface area contributed by atoms with Gasteiger partial charge in [0.25, 0.3) is 0 Å². The van der Waals surface area contributed by atoms with Crippen molar-refractivity contribution < 1.29 is 0 Å². The van der Waals surface area contributed by atoms with Crippen molar-refractivity contribution in [3.63, 3.8) is 0 Å². The Kier molecular flexibility index (Phi) is 7.14. The Bertz CT molecular complexity index is 3210. The van der Waals surface area contributed by atoms with E-state index in [-0.39, 0.29) is 0 Å². The third-order valence-electron chi connectivity index (χ3n) is 10.8. The zero-order chi connectivity index (χ0) is 36.3. The minimum Gasteiger partial charge on any atom is -0.309 e. The molecule has 0 aliphatic carbocycles. The average molecular weight is 701 g/mol. The van der Waals surface area contributed by atoms with Gasteiger partial charge in [-0.25, -0.2) is 15.0 Å². The molecular formula is C51H32N4. The van der Waals surface area contributed by atoms with Crippen molar-refractivity contribution in [2.45, 2.75) is 0 Å². The van der Waals surface area contributed by atoms with E-state index in [9.17, 15) is 0 Å². The van der Waals surface area contributed by atoms with E-state index in [2.05, 4.69) is 180 Å². The summed E-state index contributed by atoms with van der Waals surface area (Å²) in [5.74, 6) is 1.89. The van der Waals surface area contributed by atoms with Crippen molar-refractivity contribution >= 4 is 54.1 Å². The summed E-state index contributed by atoms with van der Waals surface area (Å²) >= 11 is 0. The summed E-state index contributed by atoms with van der Waals surface area (Å²) in [5.41, 5.74) is 8.51. The highest BCUT2D eigenvalue weighted by Crippen LogP contribution is 2.45. The first-order valence-corrected chi connectivity index (χ1v) is 18.6. The molecular weight excluding hydrogens is 669 g/mol. The molecule has 0 radical (unpaired) electrons. The Morgan fingerprint density at radius 2 is 0.855 bits per heavy atom. The molecule has 0 aliphatic rings. The molecule has 0 unspecified atom stereocenters. The number of hydrogen-bond donors (Lipinski definition) is 0. The molecule has 0 atom stereocenters. The molecule has 9 aromatic carbocycles. The fraction of sp³-hybridized carbons (Fsp3) is 0. The second-order valence-electron chi connectivity index (χ2n) is 14.0. The number of aromatic nitrogens is 4. The van der Waals surface area contributed by atoms with Crippen LogP contribution in [0, 0.1) is 0 Å². The van der Waals surface area contributed by atoms with Crippen molar-refractivity contribution in [1.29, 1.82) is 0 Å². The Morgan fingerprint density at radius 1 is 0.309 bits per heavy atom. The number of para-hydroxylation sites is 2. The first kappa shape index (κ1) is 31.1. The lowest BCUT2D eigenvalue weighted by Gasteiger charge is -2.21. The van der Waals surface area contributed by atoms with Gasteiger partial charge < -0.3 is 4.57 Å². The third-order valence-corrected chi connectivity index (χ3v) is 10.8. The van der Waals surface area contributed by atoms with E-state index in [0.29, 0.717) is 17.5 Å². The zero-order valence-corrected chi connectivity index (χ0v) is 29.8. The average Bonchev–Trinajstić information content (AvgIpc) is 3.60. The summed E-state index contributed by atoms with van der Waals surface area (Å²) < 4.78 is 2.43. The Hall–Kier alpha value is -7.43. The smallest absolute Gasteiger partial charge is 0.164 e. The molecule has 2 heterocycles. The van der Waals surface area contributed by atoms with E-state index < -0.39 is 0 Å². The summed E-state index contributed by atoms with van der Waals surface area (Å²) in [6.07, 6.45) is 0. The van der Waals surface area contributed by atoms with E-state index in [1.165, 1.54) is 32.5 Å². The molecule has 0 aliphatic heterocycles. The molecule has 256 valence electrons. The molecule has 0 N–H and O–H groups in total. The molecule has 11 aromatic rings. The van der Waals surface area contributed by atoms with Gasteiger partial charge >= 0.3 is 0 Å². The monoisotopic (exact) mass is 700 g/mol. The van der Waals surface area contributed by atoms with Gasteiger partial charge in [0, 0.05) is 33.0 Å². The predicted molar refractivity (Wildman–Crippen MR) is 228 cm³/mol. The van der Waals surface area contributed by atoms with Crippen molar-refractivity contribution in [2.24, 2.45) is 0 Å². The van der Waals surface area contributed by atoms with Gasteiger partial charge in [0.15, 0.2) is 17.5 Å². The minimum atomic E-state index is 0.625. The van der Waals surface area contributed by atoms with Crippen LogP contribution in [0.4, 0.5) is 0 Å². The van der Waals surface area contributed by atoms with Crippen LogP contribution in [0.15, 0.2) is 194 Å². The van der Waals surface area contributed by atoms with Crippen LogP contribution in [-0.4, -0.2) is 19.5 Å². The second kappa shape index (κ2) is 12.6. The number of rotatable bonds is 5. The van der Waals surface area contributed by atoms with E-state index in [1.54, 1.807) is 0 Å². The van der Waals surface area contributed by atoms with Gasteiger partial charge in [0.2, 0.25) is 0 Å². The Labute approximate surface area is 317 Å². The molecule has 0 saturated carbocycles. The molecule has 0 bridgehead atoms. The molecule has 4 heteroatoms. The first-order valence-electron chi connectivity index (χ1n) is 18.6. The molecule has 2 aromatic heterocycles. The molecule has 55 heavy (non-hydrogen) atoms. The van der Waals surface area contributed by atoms with E-state index in [0.717, 1.165) is 55.1 Å². The van der Waals surface area contributed by atoms with Crippen LogP contribution in [0.1, 0.15) is 0 Å². The first-order chi connectivity index (χ1) is 27.3. The highest BCUT2D eigenvalue weighted by atomic mass is 15.0. The SMILES string of the molecule is c1ccc(-c2nc(-c3ccc4ccccc4c3)nc(-c3cc(-n4c5ccccc5c5ccccc54)c(-c4cccc5ccccc45)c4ccccc34)n2)cc1. The van der Waals surface area contributed by atoms with Crippen LogP contribution in [0.2, 0.25) is 0 Å². The van der Waals surface area contributed by atoms with Gasteiger partial charge in [-0.1, -0.05) is 170 Å². The van der Waals surface area contributed by atoms with E-state index >= 15 is 0 Å². The van der Waals surface area contributed by atoms with Crippen molar-refractivity contribution in [1.82, 2.24) is 19.5 Å². The van der Waals surface area contributed by atoms with Gasteiger partial charge in [-0.15, -0.1) is 0 Å². The molecule has 0 fully saturated rings. The van der Waals surface area contributed by atoms with Gasteiger partial charge in [-0.3, -0.25) is 0 Å². The lowest BCUT2D eigenvalue weighted by Crippen LogP contribution is -2.03. The summed E-state index contributed by atoms with van der Waals surface area (Å²) in [5, 5.41) is 9.34. The van der Waals surface area contributed by atoms with Gasteiger partial charge in [-0.05, 0) is 62.1 Å². The fourth-order valence-corrected chi connectivity index (χ4v) is 8.30. The number of nitrogens with zero attached hydrogens (tertiary/aromatic N) is 4. The summed E-state index contributed by atoms with van der Waals surface area (Å²) in [4.78, 5) is 15.7. The van der Waals surface area contributed by atoms with Crippen LogP contribution < -0.4 is 0 Å². The van der Waals surface area contributed by atoms with Crippen LogP contribution in [0.5, 0.6) is 0 Å². The predicted octanol–water partition coefficient (Wildman–Crippen LogP) is 13.1. The number of benzene rings is 9. The van der Waals surface area contributed by atoms with Gasteiger partial charge in [0.05, 0.1) is 16.7 Å². The van der Waals surface area contributed by atoms with Gasteiger partial charge in [-0.2, -0.15) is 0 Å². The lowest BCUT2D eigenvalue weighted by atomic mass is 9.90. The standard InChI is InChI=1S/C51H32N4/c1-2-17-35(18-3-1)49-52-50(37-30-29-33-15-4-5-19-36(33)31-37)54-51(53-49)44-32-47(55-45-27-12-10-23-40(45)41-24-11-13-28-46(41)55)48(43-25-9-8-22-39(43)44)42-26-14-20-34-16-6-7-21-38(34)42/h1-32H. The molecule has 0 saturated heterocycles. The van der Waals surface area contributed by atoms with Gasteiger partial charge in [0.1, 0.15) is 0 Å². The van der Waals surface area contributed by atoms with Crippen LogP contribution in [0.3, 0.4) is 0 Å². The largest absolute Gasteiger partial charge is 0.309 e. The minimum absolute atomic E-state index is 0.625. The quantitative estimate of drug-likeness (QED) is 0.179. The molecule has 0 amide bonds. The Morgan fingerprint density at radius 3 is 1.60 bits per heavy atom. The van der Waals surface area contributed by atoms with Crippen LogP contribution in [-0.2, 0) is 0 Å². The summed E-state index contributed by atoms with van der Waals surface area (Å²) in [7, 11) is 0. The topological polar surface area (TPSA) is 43.6 Å². The van der Waals surface area contributed by atoms with Crippen molar-refractivity contribution in [2.75, 3.05) is 0 Å². The summed E-state index contributed by atoms with van der Waals surface area (Å²) in [6, 6.07) is 68.8. The van der Waals surface area contributed by atoms with E-state index in [4.69, 9.17) is 15.0 Å². The van der Waals surface area contributed by atoms with Crippen LogP contribution in [0.25, 0.3) is 105 Å².